The third-order valence-corrected chi connectivity index (χ3v) is 3.70. The van der Waals surface area contributed by atoms with Crippen molar-refractivity contribution in [1.82, 2.24) is 5.32 Å². The van der Waals surface area contributed by atoms with E-state index in [0.717, 1.165) is 13.2 Å². The van der Waals surface area contributed by atoms with Crippen molar-refractivity contribution in [2.75, 3.05) is 18.1 Å². The Balaban J connectivity index is 0.00000110. The summed E-state index contributed by atoms with van der Waals surface area (Å²) in [6.07, 6.45) is 2.29. The van der Waals surface area contributed by atoms with Crippen LogP contribution in [0, 0.1) is 0 Å². The van der Waals surface area contributed by atoms with E-state index in [2.05, 4.69) is 64.8 Å². The highest BCUT2D eigenvalue weighted by atomic mass is 35.5. The summed E-state index contributed by atoms with van der Waals surface area (Å²) in [6.45, 7) is 1.84. The second kappa shape index (κ2) is 4.72. The van der Waals surface area contributed by atoms with Gasteiger partial charge in [-0.1, -0.05) is 42.5 Å². The van der Waals surface area contributed by atoms with E-state index in [-0.39, 0.29) is 12.4 Å². The molecule has 2 aliphatic rings. The first-order valence-electron chi connectivity index (χ1n) is 6.31. The van der Waals surface area contributed by atoms with E-state index >= 15 is 0 Å². The lowest BCUT2D eigenvalue weighted by molar-refractivity contribution is 0.855. The van der Waals surface area contributed by atoms with Gasteiger partial charge in [-0.25, -0.2) is 0 Å². The van der Waals surface area contributed by atoms with Crippen molar-refractivity contribution in [3.05, 3.63) is 64.5 Å². The van der Waals surface area contributed by atoms with Crippen molar-refractivity contribution in [3.63, 3.8) is 0 Å². The average molecular weight is 271 g/mol. The molecule has 0 saturated carbocycles. The van der Waals surface area contributed by atoms with Gasteiger partial charge in [0, 0.05) is 23.1 Å². The van der Waals surface area contributed by atoms with Crippen molar-refractivity contribution < 1.29 is 0 Å². The Morgan fingerprint density at radius 2 is 1.74 bits per heavy atom. The van der Waals surface area contributed by atoms with Crippen LogP contribution in [0.5, 0.6) is 0 Å². The summed E-state index contributed by atoms with van der Waals surface area (Å²) in [5.74, 6) is 0. The molecule has 96 valence electrons. The third-order valence-electron chi connectivity index (χ3n) is 3.70. The minimum Gasteiger partial charge on any atom is -0.329 e. The fourth-order valence-electron chi connectivity index (χ4n) is 2.86. The molecule has 4 rings (SSSR count). The maximum absolute atomic E-state index is 3.45. The zero-order valence-corrected chi connectivity index (χ0v) is 11.3. The molecule has 2 aromatic rings. The molecule has 0 atom stereocenters. The molecule has 2 aromatic carbocycles. The number of fused-ring (bicyclic) bond motifs is 4. The molecule has 19 heavy (non-hydrogen) atoms. The van der Waals surface area contributed by atoms with E-state index in [4.69, 9.17) is 0 Å². The van der Waals surface area contributed by atoms with Crippen LogP contribution in [-0.4, -0.2) is 13.2 Å². The molecule has 2 heterocycles. The monoisotopic (exact) mass is 270 g/mol. The Hall–Kier alpha value is -1.77. The molecular weight excluding hydrogens is 256 g/mol. The molecule has 1 saturated heterocycles. The maximum atomic E-state index is 3.45. The standard InChI is InChI=1S/C16H14N2.ClH/c1-3-7-14-12(5-1)9-13-6-2-4-8-15(13)18-11-17-10-16(14)18;/h1-9,17H,10-11H2;1H. The lowest BCUT2D eigenvalue weighted by atomic mass is 10.1. The van der Waals surface area contributed by atoms with Gasteiger partial charge in [-0.3, -0.25) is 5.32 Å². The van der Waals surface area contributed by atoms with Crippen molar-refractivity contribution >= 4 is 29.9 Å². The second-order valence-corrected chi connectivity index (χ2v) is 4.75. The lowest BCUT2D eigenvalue weighted by Crippen LogP contribution is -2.30. The minimum absolute atomic E-state index is 0. The highest BCUT2D eigenvalue weighted by Crippen LogP contribution is 2.27. The van der Waals surface area contributed by atoms with Crippen molar-refractivity contribution in [2.24, 2.45) is 0 Å². The van der Waals surface area contributed by atoms with Crippen LogP contribution >= 0.6 is 12.4 Å². The summed E-state index contributed by atoms with van der Waals surface area (Å²) in [6, 6.07) is 17.2. The van der Waals surface area contributed by atoms with E-state index in [0.29, 0.717) is 0 Å². The van der Waals surface area contributed by atoms with Gasteiger partial charge in [0.2, 0.25) is 0 Å². The molecule has 0 spiro atoms. The zero-order chi connectivity index (χ0) is 11.9. The van der Waals surface area contributed by atoms with Crippen LogP contribution in [0.2, 0.25) is 0 Å². The number of hydrogen-bond donors (Lipinski definition) is 1. The van der Waals surface area contributed by atoms with Crippen LogP contribution in [0.1, 0.15) is 5.56 Å². The van der Waals surface area contributed by atoms with Gasteiger partial charge >= 0.3 is 0 Å². The first kappa shape index (κ1) is 12.3. The van der Waals surface area contributed by atoms with Gasteiger partial charge in [-0.2, -0.15) is 0 Å². The molecule has 0 amide bonds. The minimum atomic E-state index is 0. The predicted octanol–water partition coefficient (Wildman–Crippen LogP) is 1.43. The average Bonchev–Trinajstić information content (AvgIpc) is 2.84. The Kier molecular flexibility index (Phi) is 3.05. The van der Waals surface area contributed by atoms with Crippen molar-refractivity contribution in [3.8, 4) is 0 Å². The fourth-order valence-corrected chi connectivity index (χ4v) is 2.86. The van der Waals surface area contributed by atoms with Gasteiger partial charge in [0.15, 0.2) is 0 Å². The molecule has 1 fully saturated rings. The molecule has 1 N–H and O–H groups in total. The van der Waals surface area contributed by atoms with Gasteiger partial charge in [0.1, 0.15) is 0 Å². The Bertz CT molecular complexity index is 736. The van der Waals surface area contributed by atoms with Crippen LogP contribution in [0.25, 0.3) is 11.8 Å². The fraction of sp³-hybridized carbons (Fsp3) is 0.125. The van der Waals surface area contributed by atoms with Gasteiger partial charge in [-0.05, 0) is 22.9 Å². The van der Waals surface area contributed by atoms with Crippen LogP contribution in [0.15, 0.2) is 48.5 Å². The third kappa shape index (κ3) is 1.84. The summed E-state index contributed by atoms with van der Waals surface area (Å²) < 4.78 is 0. The summed E-state index contributed by atoms with van der Waals surface area (Å²) in [7, 11) is 0. The lowest BCUT2D eigenvalue weighted by Gasteiger charge is -2.20. The summed E-state index contributed by atoms with van der Waals surface area (Å²) >= 11 is 0. The molecule has 2 nitrogen and oxygen atoms in total. The van der Waals surface area contributed by atoms with E-state index < -0.39 is 0 Å². The van der Waals surface area contributed by atoms with E-state index in [1.165, 1.54) is 27.4 Å². The maximum Gasteiger partial charge on any atom is 0.0732 e. The van der Waals surface area contributed by atoms with E-state index in [1.807, 2.05) is 0 Å². The molecule has 2 aliphatic heterocycles. The highest BCUT2D eigenvalue weighted by molar-refractivity contribution is 5.85. The van der Waals surface area contributed by atoms with Crippen molar-refractivity contribution in [2.45, 2.75) is 0 Å². The van der Waals surface area contributed by atoms with Crippen LogP contribution < -0.4 is 20.7 Å². The van der Waals surface area contributed by atoms with Crippen LogP contribution in [0.4, 0.5) is 5.69 Å². The number of nitrogens with zero attached hydrogens (tertiary/aromatic N) is 1. The first-order chi connectivity index (χ1) is 8.93. The molecule has 0 radical (unpaired) electrons. The number of benzene rings is 2. The van der Waals surface area contributed by atoms with E-state index in [1.54, 1.807) is 0 Å². The highest BCUT2D eigenvalue weighted by Gasteiger charge is 2.22. The van der Waals surface area contributed by atoms with Crippen LogP contribution in [-0.2, 0) is 0 Å². The summed E-state index contributed by atoms with van der Waals surface area (Å²) in [4.78, 5) is 2.39. The number of nitrogens with one attached hydrogen (secondary N) is 1. The van der Waals surface area contributed by atoms with Crippen molar-refractivity contribution in [1.29, 1.82) is 0 Å². The molecule has 3 heteroatoms. The number of hydrogen-bond acceptors (Lipinski definition) is 2. The molecule has 0 aromatic heterocycles. The Labute approximate surface area is 118 Å². The second-order valence-electron chi connectivity index (χ2n) is 4.75. The van der Waals surface area contributed by atoms with E-state index in [9.17, 15) is 0 Å². The largest absolute Gasteiger partial charge is 0.329 e. The first-order valence-corrected chi connectivity index (χ1v) is 6.31. The summed E-state index contributed by atoms with van der Waals surface area (Å²) in [5.41, 5.74) is 3.98. The molecule has 0 aliphatic carbocycles. The predicted molar refractivity (Wildman–Crippen MR) is 81.7 cm³/mol. The van der Waals surface area contributed by atoms with Crippen LogP contribution in [0.3, 0.4) is 0 Å². The number of anilines is 1. The topological polar surface area (TPSA) is 15.3 Å². The molecular formula is C16H15ClN2. The SMILES string of the molecule is C1=c2ccccc2=C2CNCN2c2ccccc21.Cl. The molecule has 0 unspecified atom stereocenters. The number of para-hydroxylation sites is 1. The smallest absolute Gasteiger partial charge is 0.0732 e. The zero-order valence-electron chi connectivity index (χ0n) is 10.5. The Morgan fingerprint density at radius 1 is 0.947 bits per heavy atom. The summed E-state index contributed by atoms with van der Waals surface area (Å²) in [5, 5.41) is 6.11. The van der Waals surface area contributed by atoms with Gasteiger partial charge < -0.3 is 4.90 Å². The van der Waals surface area contributed by atoms with Gasteiger partial charge in [-0.15, -0.1) is 12.4 Å². The normalized spacial score (nSPS) is 15.6. The number of rotatable bonds is 0. The Morgan fingerprint density at radius 3 is 2.68 bits per heavy atom. The van der Waals surface area contributed by atoms with Gasteiger partial charge in [0.25, 0.3) is 0 Å². The number of halogens is 1. The quantitative estimate of drug-likeness (QED) is 0.779. The molecule has 0 bridgehead atoms. The van der Waals surface area contributed by atoms with Gasteiger partial charge in [0.05, 0.1) is 6.67 Å².